The molecule has 0 aromatic rings. The molecule has 0 aromatic carbocycles. The quantitative estimate of drug-likeness (QED) is 0.414. The first kappa shape index (κ1) is 17.3. The summed E-state index contributed by atoms with van der Waals surface area (Å²) in [6.07, 6.45) is -3.97. The van der Waals surface area contributed by atoms with Crippen LogP contribution in [0.5, 0.6) is 0 Å². The van der Waals surface area contributed by atoms with Gasteiger partial charge in [-0.2, -0.15) is 0 Å². The molecule has 0 unspecified atom stereocenters. The molecule has 0 aromatic heterocycles. The highest BCUT2D eigenvalue weighted by Crippen LogP contribution is 2.24. The van der Waals surface area contributed by atoms with Gasteiger partial charge in [0.15, 0.2) is 18.3 Å². The first-order chi connectivity index (χ1) is 9.72. The van der Waals surface area contributed by atoms with E-state index < -0.39 is 42.3 Å². The lowest BCUT2D eigenvalue weighted by atomic mass is 9.99. The fourth-order valence-electron chi connectivity index (χ4n) is 1.99. The summed E-state index contributed by atoms with van der Waals surface area (Å²) in [5, 5.41) is 0. The minimum Gasteiger partial charge on any atom is -0.456 e. The first-order valence-electron chi connectivity index (χ1n) is 6.15. The van der Waals surface area contributed by atoms with Crippen LogP contribution in [0, 0.1) is 0 Å². The molecule has 0 spiro atoms. The summed E-state index contributed by atoms with van der Waals surface area (Å²) in [7, 11) is 0. The Bertz CT molecular complexity index is 453. The number of hydrogen-bond donors (Lipinski definition) is 1. The zero-order valence-electron chi connectivity index (χ0n) is 11.9. The van der Waals surface area contributed by atoms with Crippen LogP contribution < -0.4 is 5.73 Å². The third-order valence-electron chi connectivity index (χ3n) is 2.63. The fourth-order valence-corrected chi connectivity index (χ4v) is 2.19. The molecule has 1 aliphatic rings. The topological polar surface area (TPSA) is 114 Å². The number of rotatable bonds is 4. The molecule has 0 radical (unpaired) electrons. The van der Waals surface area contributed by atoms with E-state index in [4.69, 9.17) is 36.9 Å². The summed E-state index contributed by atoms with van der Waals surface area (Å²) in [5.74, 6) is -1.85. The van der Waals surface area contributed by atoms with Crippen LogP contribution in [0.4, 0.5) is 0 Å². The van der Waals surface area contributed by atoms with Crippen molar-refractivity contribution in [2.24, 2.45) is 5.73 Å². The van der Waals surface area contributed by atoms with Crippen LogP contribution in [-0.2, 0) is 33.3 Å². The van der Waals surface area contributed by atoms with E-state index in [0.717, 1.165) is 0 Å². The Kier molecular flexibility index (Phi) is 6.03. The molecule has 8 nitrogen and oxygen atoms in total. The zero-order chi connectivity index (χ0) is 16.2. The molecule has 0 aliphatic carbocycles. The van der Waals surface area contributed by atoms with Gasteiger partial charge in [0.2, 0.25) is 0 Å². The van der Waals surface area contributed by atoms with E-state index in [9.17, 15) is 14.4 Å². The summed E-state index contributed by atoms with van der Waals surface area (Å²) in [6.45, 7) is 3.47. The van der Waals surface area contributed by atoms with Crippen molar-refractivity contribution in [2.75, 3.05) is 6.61 Å². The summed E-state index contributed by atoms with van der Waals surface area (Å²) in [4.78, 5) is 33.5. The number of carbonyl (C=O) groups is 3. The SMILES string of the molecule is CC(=O)O[C@@H]1[C@@H](OC(C)=O)[C@H](C(N)=S)OC[C@H]1OC(C)=O. The van der Waals surface area contributed by atoms with Gasteiger partial charge in [0.05, 0.1) is 6.61 Å². The van der Waals surface area contributed by atoms with Gasteiger partial charge in [-0.05, 0) is 0 Å². The molecule has 0 saturated carbocycles. The van der Waals surface area contributed by atoms with Crippen LogP contribution in [0.3, 0.4) is 0 Å². The Morgan fingerprint density at radius 3 is 1.90 bits per heavy atom. The molecule has 1 aliphatic heterocycles. The molecule has 21 heavy (non-hydrogen) atoms. The molecular formula is C12H17NO7S. The second kappa shape index (κ2) is 7.32. The van der Waals surface area contributed by atoms with Crippen molar-refractivity contribution in [2.45, 2.75) is 45.2 Å². The van der Waals surface area contributed by atoms with E-state index in [1.54, 1.807) is 0 Å². The monoisotopic (exact) mass is 319 g/mol. The lowest BCUT2D eigenvalue weighted by Gasteiger charge is -2.40. The van der Waals surface area contributed by atoms with E-state index >= 15 is 0 Å². The maximum absolute atomic E-state index is 11.2. The number of hydrogen-bond acceptors (Lipinski definition) is 8. The van der Waals surface area contributed by atoms with Crippen molar-refractivity contribution in [3.05, 3.63) is 0 Å². The van der Waals surface area contributed by atoms with Crippen LogP contribution in [0.15, 0.2) is 0 Å². The third-order valence-corrected chi connectivity index (χ3v) is 2.86. The maximum atomic E-state index is 11.2. The lowest BCUT2D eigenvalue weighted by Crippen LogP contribution is -2.60. The third kappa shape index (κ3) is 4.94. The molecule has 4 atom stereocenters. The van der Waals surface area contributed by atoms with Gasteiger partial charge >= 0.3 is 17.9 Å². The smallest absolute Gasteiger partial charge is 0.303 e. The molecule has 2 N–H and O–H groups in total. The minimum atomic E-state index is -1.08. The standard InChI is InChI=1S/C12H17NO7S/c1-5(14)18-8-4-17-11(12(13)21)10(20-7(3)16)9(8)19-6(2)15/h8-11H,4H2,1-3H3,(H2,13,21)/t8-,9+,10-,11-/m1/s1. The summed E-state index contributed by atoms with van der Waals surface area (Å²) < 4.78 is 20.6. The molecule has 118 valence electrons. The molecule has 1 rings (SSSR count). The van der Waals surface area contributed by atoms with Crippen LogP contribution in [0.2, 0.25) is 0 Å². The molecule has 1 saturated heterocycles. The van der Waals surface area contributed by atoms with Gasteiger partial charge in [-0.3, -0.25) is 14.4 Å². The van der Waals surface area contributed by atoms with Crippen LogP contribution >= 0.6 is 12.2 Å². The van der Waals surface area contributed by atoms with Gasteiger partial charge in [-0.25, -0.2) is 0 Å². The van der Waals surface area contributed by atoms with Crippen LogP contribution in [0.1, 0.15) is 20.8 Å². The predicted octanol–water partition coefficient (Wildman–Crippen LogP) is -0.534. The molecule has 0 amide bonds. The molecular weight excluding hydrogens is 302 g/mol. The Morgan fingerprint density at radius 2 is 1.48 bits per heavy atom. The van der Waals surface area contributed by atoms with Gasteiger partial charge in [0.25, 0.3) is 0 Å². The van der Waals surface area contributed by atoms with Gasteiger partial charge in [0, 0.05) is 20.8 Å². The highest BCUT2D eigenvalue weighted by molar-refractivity contribution is 7.80. The van der Waals surface area contributed by atoms with Crippen molar-refractivity contribution in [3.63, 3.8) is 0 Å². The van der Waals surface area contributed by atoms with Crippen LogP contribution in [-0.4, -0.2) is 53.9 Å². The van der Waals surface area contributed by atoms with Crippen LogP contribution in [0.25, 0.3) is 0 Å². The van der Waals surface area contributed by atoms with E-state index in [0.29, 0.717) is 0 Å². The summed E-state index contributed by atoms with van der Waals surface area (Å²) in [5.41, 5.74) is 5.54. The molecule has 0 bridgehead atoms. The molecule has 1 heterocycles. The number of nitrogens with two attached hydrogens (primary N) is 1. The average Bonchev–Trinajstić information content (AvgIpc) is 2.31. The van der Waals surface area contributed by atoms with E-state index in [2.05, 4.69) is 0 Å². The number of thiocarbonyl (C=S) groups is 1. The van der Waals surface area contributed by atoms with Crippen molar-refractivity contribution in [1.29, 1.82) is 0 Å². The van der Waals surface area contributed by atoms with E-state index in [-0.39, 0.29) is 11.6 Å². The Balaban J connectivity index is 3.06. The van der Waals surface area contributed by atoms with Gasteiger partial charge < -0.3 is 24.7 Å². The maximum Gasteiger partial charge on any atom is 0.303 e. The Hall–Kier alpha value is -1.74. The number of ether oxygens (including phenoxy) is 4. The first-order valence-corrected chi connectivity index (χ1v) is 6.55. The second-order valence-electron chi connectivity index (χ2n) is 4.45. The molecule has 1 fully saturated rings. The van der Waals surface area contributed by atoms with Gasteiger partial charge in [0.1, 0.15) is 11.1 Å². The highest BCUT2D eigenvalue weighted by Gasteiger charge is 2.47. The molecule has 9 heteroatoms. The van der Waals surface area contributed by atoms with Crippen molar-refractivity contribution in [3.8, 4) is 0 Å². The lowest BCUT2D eigenvalue weighted by molar-refractivity contribution is -0.216. The van der Waals surface area contributed by atoms with Gasteiger partial charge in [-0.1, -0.05) is 12.2 Å². The average molecular weight is 319 g/mol. The Labute approximate surface area is 126 Å². The fraction of sp³-hybridized carbons (Fsp3) is 0.667. The van der Waals surface area contributed by atoms with E-state index in [1.807, 2.05) is 0 Å². The van der Waals surface area contributed by atoms with Crippen molar-refractivity contribution >= 4 is 35.1 Å². The zero-order valence-corrected chi connectivity index (χ0v) is 12.7. The van der Waals surface area contributed by atoms with Gasteiger partial charge in [-0.15, -0.1) is 0 Å². The minimum absolute atomic E-state index is 0.0559. The normalized spacial score (nSPS) is 28.3. The number of carbonyl (C=O) groups excluding carboxylic acids is 3. The van der Waals surface area contributed by atoms with Crippen molar-refractivity contribution < 1.29 is 33.3 Å². The van der Waals surface area contributed by atoms with Crippen molar-refractivity contribution in [1.82, 2.24) is 0 Å². The second-order valence-corrected chi connectivity index (χ2v) is 4.92. The predicted molar refractivity (Wildman–Crippen MR) is 73.2 cm³/mol. The largest absolute Gasteiger partial charge is 0.456 e. The van der Waals surface area contributed by atoms with E-state index in [1.165, 1.54) is 20.8 Å². The Morgan fingerprint density at radius 1 is 1.00 bits per heavy atom. The summed E-state index contributed by atoms with van der Waals surface area (Å²) >= 11 is 4.85. The summed E-state index contributed by atoms with van der Waals surface area (Å²) in [6, 6.07) is 0. The number of esters is 3. The highest BCUT2D eigenvalue weighted by atomic mass is 32.1.